The standard InChI is InChI=1S/C12H12O6/c13-11(14)9-6-16-10(18-9)7-17-12(15)8-4-2-1-3-5-8/h1-5,9-10H,6-7H2,(H,13,14)/t9-,10+/m1/s1. The molecule has 1 aromatic rings. The van der Waals surface area contributed by atoms with Gasteiger partial charge in [-0.25, -0.2) is 9.59 Å². The van der Waals surface area contributed by atoms with E-state index in [1.807, 2.05) is 0 Å². The molecule has 6 heteroatoms. The van der Waals surface area contributed by atoms with E-state index in [1.165, 1.54) is 0 Å². The number of rotatable bonds is 4. The summed E-state index contributed by atoms with van der Waals surface area (Å²) in [5, 5.41) is 8.67. The zero-order valence-corrected chi connectivity index (χ0v) is 9.44. The van der Waals surface area contributed by atoms with Gasteiger partial charge >= 0.3 is 11.9 Å². The normalized spacial score (nSPS) is 22.7. The van der Waals surface area contributed by atoms with Gasteiger partial charge < -0.3 is 19.3 Å². The number of ether oxygens (including phenoxy) is 3. The number of carbonyl (C=O) groups is 2. The summed E-state index contributed by atoms with van der Waals surface area (Å²) >= 11 is 0. The largest absolute Gasteiger partial charge is 0.479 e. The van der Waals surface area contributed by atoms with Crippen LogP contribution in [0.2, 0.25) is 0 Å². The van der Waals surface area contributed by atoms with Gasteiger partial charge in [-0.1, -0.05) is 18.2 Å². The summed E-state index contributed by atoms with van der Waals surface area (Å²) in [5.74, 6) is -1.59. The van der Waals surface area contributed by atoms with Crippen molar-refractivity contribution in [3.63, 3.8) is 0 Å². The van der Waals surface area contributed by atoms with Crippen molar-refractivity contribution in [3.8, 4) is 0 Å². The van der Waals surface area contributed by atoms with Gasteiger partial charge in [0.05, 0.1) is 12.2 Å². The maximum atomic E-state index is 11.6. The average molecular weight is 252 g/mol. The van der Waals surface area contributed by atoms with Crippen LogP contribution in [0.5, 0.6) is 0 Å². The Morgan fingerprint density at radius 3 is 2.67 bits per heavy atom. The van der Waals surface area contributed by atoms with E-state index in [-0.39, 0.29) is 13.2 Å². The third-order valence-corrected chi connectivity index (χ3v) is 2.38. The molecule has 0 amide bonds. The molecule has 1 N–H and O–H groups in total. The molecule has 1 aliphatic rings. The summed E-state index contributed by atoms with van der Waals surface area (Å²) < 4.78 is 15.0. The molecule has 0 aromatic heterocycles. The Hall–Kier alpha value is -1.92. The van der Waals surface area contributed by atoms with Crippen molar-refractivity contribution < 1.29 is 28.9 Å². The minimum Gasteiger partial charge on any atom is -0.479 e. The second-order valence-corrected chi connectivity index (χ2v) is 3.69. The fourth-order valence-corrected chi connectivity index (χ4v) is 1.47. The molecule has 0 unspecified atom stereocenters. The van der Waals surface area contributed by atoms with Gasteiger partial charge in [-0.05, 0) is 12.1 Å². The first-order valence-electron chi connectivity index (χ1n) is 5.39. The molecule has 18 heavy (non-hydrogen) atoms. The molecule has 0 spiro atoms. The Morgan fingerprint density at radius 1 is 1.33 bits per heavy atom. The first-order chi connectivity index (χ1) is 8.66. The molecular formula is C12H12O6. The molecule has 2 atom stereocenters. The molecule has 1 aliphatic heterocycles. The fourth-order valence-electron chi connectivity index (χ4n) is 1.47. The predicted octanol–water partition coefficient (Wildman–Crippen LogP) is 0.669. The van der Waals surface area contributed by atoms with E-state index in [0.717, 1.165) is 0 Å². The summed E-state index contributed by atoms with van der Waals surface area (Å²) in [6.07, 6.45) is -1.82. The Morgan fingerprint density at radius 2 is 2.06 bits per heavy atom. The van der Waals surface area contributed by atoms with E-state index in [2.05, 4.69) is 0 Å². The lowest BCUT2D eigenvalue weighted by molar-refractivity contribution is -0.152. The quantitative estimate of drug-likeness (QED) is 0.793. The summed E-state index contributed by atoms with van der Waals surface area (Å²) in [4.78, 5) is 22.2. The van der Waals surface area contributed by atoms with Crippen molar-refractivity contribution in [2.45, 2.75) is 12.4 Å². The second kappa shape index (κ2) is 5.61. The zero-order chi connectivity index (χ0) is 13.0. The van der Waals surface area contributed by atoms with Crippen molar-refractivity contribution in [1.82, 2.24) is 0 Å². The van der Waals surface area contributed by atoms with E-state index >= 15 is 0 Å². The number of benzene rings is 1. The van der Waals surface area contributed by atoms with Gasteiger partial charge in [-0.3, -0.25) is 0 Å². The van der Waals surface area contributed by atoms with Crippen LogP contribution in [0, 0.1) is 0 Å². The predicted molar refractivity (Wildman–Crippen MR) is 59.0 cm³/mol. The molecular weight excluding hydrogens is 240 g/mol. The van der Waals surface area contributed by atoms with Crippen LogP contribution in [0.3, 0.4) is 0 Å². The van der Waals surface area contributed by atoms with Gasteiger partial charge in [0.15, 0.2) is 12.4 Å². The van der Waals surface area contributed by atoms with Crippen LogP contribution in [-0.2, 0) is 19.0 Å². The first kappa shape index (κ1) is 12.5. The van der Waals surface area contributed by atoms with Gasteiger partial charge in [0.25, 0.3) is 0 Å². The minimum absolute atomic E-state index is 0.0388. The molecule has 1 fully saturated rings. The second-order valence-electron chi connectivity index (χ2n) is 3.69. The third kappa shape index (κ3) is 3.06. The van der Waals surface area contributed by atoms with E-state index in [4.69, 9.17) is 19.3 Å². The maximum Gasteiger partial charge on any atom is 0.338 e. The van der Waals surface area contributed by atoms with E-state index in [0.29, 0.717) is 5.56 Å². The lowest BCUT2D eigenvalue weighted by atomic mass is 10.2. The van der Waals surface area contributed by atoms with E-state index in [9.17, 15) is 9.59 Å². The van der Waals surface area contributed by atoms with Crippen LogP contribution in [0.25, 0.3) is 0 Å². The smallest absolute Gasteiger partial charge is 0.338 e. The van der Waals surface area contributed by atoms with E-state index in [1.54, 1.807) is 30.3 Å². The summed E-state index contributed by atoms with van der Waals surface area (Å²) in [6.45, 7) is -0.166. The van der Waals surface area contributed by atoms with Crippen LogP contribution >= 0.6 is 0 Å². The van der Waals surface area contributed by atoms with Gasteiger partial charge in [0, 0.05) is 0 Å². The highest BCUT2D eigenvalue weighted by Crippen LogP contribution is 2.12. The van der Waals surface area contributed by atoms with Crippen LogP contribution in [-0.4, -0.2) is 42.7 Å². The zero-order valence-electron chi connectivity index (χ0n) is 9.44. The van der Waals surface area contributed by atoms with Crippen molar-refractivity contribution in [1.29, 1.82) is 0 Å². The van der Waals surface area contributed by atoms with Gasteiger partial charge in [0.2, 0.25) is 0 Å². The molecule has 0 saturated carbocycles. The van der Waals surface area contributed by atoms with Gasteiger partial charge in [-0.2, -0.15) is 0 Å². The lowest BCUT2D eigenvalue weighted by Crippen LogP contribution is -2.25. The van der Waals surface area contributed by atoms with Crippen molar-refractivity contribution in [2.24, 2.45) is 0 Å². The third-order valence-electron chi connectivity index (χ3n) is 2.38. The van der Waals surface area contributed by atoms with E-state index < -0.39 is 24.3 Å². The van der Waals surface area contributed by atoms with Crippen molar-refractivity contribution in [2.75, 3.05) is 13.2 Å². The first-order valence-corrected chi connectivity index (χ1v) is 5.39. The van der Waals surface area contributed by atoms with Crippen LogP contribution < -0.4 is 0 Å². The molecule has 2 rings (SSSR count). The highest BCUT2D eigenvalue weighted by molar-refractivity contribution is 5.89. The molecule has 6 nitrogen and oxygen atoms in total. The Labute approximate surface area is 103 Å². The minimum atomic E-state index is -1.09. The Bertz CT molecular complexity index is 429. The van der Waals surface area contributed by atoms with Crippen LogP contribution in [0.4, 0.5) is 0 Å². The molecule has 0 bridgehead atoms. The Kier molecular flexibility index (Phi) is 3.91. The summed E-state index contributed by atoms with van der Waals surface area (Å²) in [6, 6.07) is 8.48. The topological polar surface area (TPSA) is 82.1 Å². The van der Waals surface area contributed by atoms with Crippen molar-refractivity contribution in [3.05, 3.63) is 35.9 Å². The molecule has 96 valence electrons. The number of carboxylic acid groups (broad SMARTS) is 1. The molecule has 0 radical (unpaired) electrons. The fraction of sp³-hybridized carbons (Fsp3) is 0.333. The lowest BCUT2D eigenvalue weighted by Gasteiger charge is -2.10. The van der Waals surface area contributed by atoms with Crippen LogP contribution in [0.15, 0.2) is 30.3 Å². The highest BCUT2D eigenvalue weighted by atomic mass is 16.7. The monoisotopic (exact) mass is 252 g/mol. The highest BCUT2D eigenvalue weighted by Gasteiger charge is 2.32. The number of carboxylic acids is 1. The van der Waals surface area contributed by atoms with Gasteiger partial charge in [-0.15, -0.1) is 0 Å². The molecule has 1 saturated heterocycles. The van der Waals surface area contributed by atoms with Gasteiger partial charge in [0.1, 0.15) is 6.61 Å². The number of hydrogen-bond acceptors (Lipinski definition) is 5. The number of hydrogen-bond donors (Lipinski definition) is 1. The summed E-state index contributed by atoms with van der Waals surface area (Å²) in [7, 11) is 0. The maximum absolute atomic E-state index is 11.6. The number of carbonyl (C=O) groups excluding carboxylic acids is 1. The number of esters is 1. The molecule has 1 heterocycles. The average Bonchev–Trinajstić information content (AvgIpc) is 2.86. The number of aliphatic carboxylic acids is 1. The molecule has 1 aromatic carbocycles. The molecule has 0 aliphatic carbocycles. The summed E-state index contributed by atoms with van der Waals surface area (Å²) in [5.41, 5.74) is 0.422. The van der Waals surface area contributed by atoms with Crippen molar-refractivity contribution >= 4 is 11.9 Å². The van der Waals surface area contributed by atoms with Crippen LogP contribution in [0.1, 0.15) is 10.4 Å². The SMILES string of the molecule is O=C(OC[C@H]1OC[C@H](C(=O)O)O1)c1ccccc1. The Balaban J connectivity index is 1.79.